The second kappa shape index (κ2) is 8.15. The fourth-order valence-corrected chi connectivity index (χ4v) is 3.30. The van der Waals surface area contributed by atoms with E-state index in [4.69, 9.17) is 9.15 Å². The number of likely N-dealkylation sites (tertiary alicyclic amines) is 1. The van der Waals surface area contributed by atoms with Crippen molar-refractivity contribution in [1.82, 2.24) is 9.80 Å². The molecule has 2 fully saturated rings. The van der Waals surface area contributed by atoms with E-state index in [1.807, 2.05) is 4.90 Å². The quantitative estimate of drug-likeness (QED) is 0.784. The van der Waals surface area contributed by atoms with Crippen molar-refractivity contribution < 1.29 is 23.8 Å². The second-order valence-corrected chi connectivity index (χ2v) is 7.50. The van der Waals surface area contributed by atoms with E-state index >= 15 is 0 Å². The van der Waals surface area contributed by atoms with E-state index in [0.717, 1.165) is 12.8 Å². The first-order valence-corrected chi connectivity index (χ1v) is 9.35. The van der Waals surface area contributed by atoms with Gasteiger partial charge < -0.3 is 24.1 Å². The zero-order chi connectivity index (χ0) is 19.4. The molecule has 0 unspecified atom stereocenters. The molecule has 1 N–H and O–H groups in total. The number of furan rings is 1. The number of amides is 2. The van der Waals surface area contributed by atoms with Crippen molar-refractivity contribution in [3.05, 3.63) is 23.7 Å². The molecule has 0 bridgehead atoms. The summed E-state index contributed by atoms with van der Waals surface area (Å²) in [6, 6.07) is 3.20. The minimum Gasteiger partial charge on any atom is -0.443 e. The molecule has 0 aromatic carbocycles. The molecule has 146 valence electrons. The molecular weight excluding hydrogens is 348 g/mol. The van der Waals surface area contributed by atoms with Crippen LogP contribution in [0, 0.1) is 17.8 Å². The molecule has 2 saturated heterocycles. The Kier molecular flexibility index (Phi) is 5.88. The van der Waals surface area contributed by atoms with E-state index in [1.54, 1.807) is 30.9 Å². The average Bonchev–Trinajstić information content (AvgIpc) is 3.14. The number of rotatable bonds is 2. The zero-order valence-electron chi connectivity index (χ0n) is 15.9. The molecule has 3 rings (SSSR count). The third-order valence-electron chi connectivity index (χ3n) is 4.69. The zero-order valence-corrected chi connectivity index (χ0v) is 15.9. The van der Waals surface area contributed by atoms with Gasteiger partial charge in [0.05, 0.1) is 19.1 Å². The molecule has 27 heavy (non-hydrogen) atoms. The third-order valence-corrected chi connectivity index (χ3v) is 4.69. The van der Waals surface area contributed by atoms with Crippen molar-refractivity contribution >= 4 is 11.8 Å². The number of carbonyl (C=O) groups excluding carboxylic acids is 2. The Morgan fingerprint density at radius 3 is 2.63 bits per heavy atom. The van der Waals surface area contributed by atoms with Gasteiger partial charge in [-0.3, -0.25) is 9.59 Å². The maximum Gasteiger partial charge on any atom is 0.289 e. The topological polar surface area (TPSA) is 83.2 Å². The lowest BCUT2D eigenvalue weighted by atomic mass is 9.96. The molecule has 7 heteroatoms. The smallest absolute Gasteiger partial charge is 0.289 e. The standard InChI is InChI=1S/C20H26N2O5/c1-20(2,25)8-7-16-5-6-17(27-16)19(24)22-9-3-4-15(14-22)18(23)21-10-12-26-13-11-21/h5-6,15,25H,3-4,9-14H2,1-2H3/t15-/m1/s1. The average molecular weight is 374 g/mol. The van der Waals surface area contributed by atoms with E-state index in [2.05, 4.69) is 11.8 Å². The second-order valence-electron chi connectivity index (χ2n) is 7.50. The predicted octanol–water partition coefficient (Wildman–Crippen LogP) is 1.11. The van der Waals surface area contributed by atoms with Gasteiger partial charge >= 0.3 is 0 Å². The lowest BCUT2D eigenvalue weighted by Crippen LogP contribution is -2.49. The van der Waals surface area contributed by atoms with Crippen LogP contribution < -0.4 is 0 Å². The lowest BCUT2D eigenvalue weighted by molar-refractivity contribution is -0.141. The van der Waals surface area contributed by atoms with E-state index in [9.17, 15) is 14.7 Å². The molecule has 7 nitrogen and oxygen atoms in total. The molecule has 2 amide bonds. The van der Waals surface area contributed by atoms with Crippen LogP contribution >= 0.6 is 0 Å². The third kappa shape index (κ3) is 5.12. The summed E-state index contributed by atoms with van der Waals surface area (Å²) in [4.78, 5) is 29.0. The van der Waals surface area contributed by atoms with Crippen LogP contribution in [0.1, 0.15) is 43.0 Å². The fraction of sp³-hybridized carbons (Fsp3) is 0.600. The number of hydrogen-bond acceptors (Lipinski definition) is 5. The lowest BCUT2D eigenvalue weighted by Gasteiger charge is -2.35. The van der Waals surface area contributed by atoms with Crippen molar-refractivity contribution in [2.24, 2.45) is 5.92 Å². The van der Waals surface area contributed by atoms with Crippen LogP contribution in [0.3, 0.4) is 0 Å². The van der Waals surface area contributed by atoms with Gasteiger partial charge in [-0.2, -0.15) is 0 Å². The van der Waals surface area contributed by atoms with E-state index in [1.165, 1.54) is 0 Å². The molecule has 3 heterocycles. The van der Waals surface area contributed by atoms with Crippen LogP contribution in [-0.2, 0) is 9.53 Å². The minimum absolute atomic E-state index is 0.104. The number of piperidine rings is 1. The molecule has 0 aliphatic carbocycles. The van der Waals surface area contributed by atoms with Gasteiger partial charge in [0.2, 0.25) is 5.91 Å². The normalized spacial score (nSPS) is 20.8. The maximum atomic E-state index is 12.7. The fourth-order valence-electron chi connectivity index (χ4n) is 3.30. The van der Waals surface area contributed by atoms with Crippen molar-refractivity contribution in [2.75, 3.05) is 39.4 Å². The highest BCUT2D eigenvalue weighted by atomic mass is 16.5. The highest BCUT2D eigenvalue weighted by Crippen LogP contribution is 2.22. The van der Waals surface area contributed by atoms with E-state index in [-0.39, 0.29) is 23.5 Å². The Bertz CT molecular complexity index is 746. The Labute approximate surface area is 159 Å². The molecule has 2 aliphatic heterocycles. The van der Waals surface area contributed by atoms with E-state index in [0.29, 0.717) is 45.2 Å². The summed E-state index contributed by atoms with van der Waals surface area (Å²) in [6.07, 6.45) is 1.58. The molecule has 2 aliphatic rings. The predicted molar refractivity (Wildman–Crippen MR) is 97.9 cm³/mol. The highest BCUT2D eigenvalue weighted by Gasteiger charge is 2.32. The Morgan fingerprint density at radius 2 is 1.93 bits per heavy atom. The van der Waals surface area contributed by atoms with Gasteiger partial charge in [-0.15, -0.1) is 0 Å². The monoisotopic (exact) mass is 374 g/mol. The largest absolute Gasteiger partial charge is 0.443 e. The van der Waals surface area contributed by atoms with Crippen LogP contribution in [0.2, 0.25) is 0 Å². The van der Waals surface area contributed by atoms with Gasteiger partial charge in [0.25, 0.3) is 5.91 Å². The number of aliphatic hydroxyl groups is 1. The Morgan fingerprint density at radius 1 is 1.19 bits per heavy atom. The molecule has 0 radical (unpaired) electrons. The van der Waals surface area contributed by atoms with Gasteiger partial charge in [0.1, 0.15) is 5.60 Å². The van der Waals surface area contributed by atoms with Gasteiger partial charge in [-0.05, 0) is 44.7 Å². The summed E-state index contributed by atoms with van der Waals surface area (Å²) in [5.41, 5.74) is -1.13. The molecular formula is C20H26N2O5. The Balaban J connectivity index is 1.63. The number of hydrogen-bond donors (Lipinski definition) is 1. The minimum atomic E-state index is -1.13. The number of carbonyl (C=O) groups is 2. The summed E-state index contributed by atoms with van der Waals surface area (Å²) >= 11 is 0. The van der Waals surface area contributed by atoms with Crippen LogP contribution in [0.5, 0.6) is 0 Å². The number of morpholine rings is 1. The maximum absolute atomic E-state index is 12.7. The molecule has 1 aromatic rings. The van der Waals surface area contributed by atoms with Gasteiger partial charge in [-0.25, -0.2) is 0 Å². The molecule has 1 atom stereocenters. The van der Waals surface area contributed by atoms with Crippen molar-refractivity contribution in [3.8, 4) is 11.8 Å². The number of nitrogens with zero attached hydrogens (tertiary/aromatic N) is 2. The summed E-state index contributed by atoms with van der Waals surface area (Å²) in [5.74, 6) is 5.61. The SMILES string of the molecule is CC(C)(O)C#Cc1ccc(C(=O)N2CCC[C@@H](C(=O)N3CCOCC3)C2)o1. The van der Waals surface area contributed by atoms with Gasteiger partial charge in [0.15, 0.2) is 11.5 Å². The van der Waals surface area contributed by atoms with Crippen molar-refractivity contribution in [2.45, 2.75) is 32.3 Å². The highest BCUT2D eigenvalue weighted by molar-refractivity contribution is 5.92. The summed E-state index contributed by atoms with van der Waals surface area (Å²) < 4.78 is 10.8. The Hall–Kier alpha value is -2.30. The van der Waals surface area contributed by atoms with Crippen LogP contribution in [0.4, 0.5) is 0 Å². The first-order chi connectivity index (χ1) is 12.8. The van der Waals surface area contributed by atoms with Crippen LogP contribution in [0.25, 0.3) is 0 Å². The number of ether oxygens (including phenoxy) is 1. The van der Waals surface area contributed by atoms with E-state index < -0.39 is 5.60 Å². The summed E-state index contributed by atoms with van der Waals surface area (Å²) in [5, 5.41) is 9.65. The van der Waals surface area contributed by atoms with Crippen molar-refractivity contribution in [1.29, 1.82) is 0 Å². The van der Waals surface area contributed by atoms with Crippen LogP contribution in [0.15, 0.2) is 16.5 Å². The molecule has 1 aromatic heterocycles. The van der Waals surface area contributed by atoms with Gasteiger partial charge in [0, 0.05) is 26.2 Å². The van der Waals surface area contributed by atoms with Crippen LogP contribution in [-0.4, -0.2) is 71.7 Å². The van der Waals surface area contributed by atoms with Gasteiger partial charge in [-0.1, -0.05) is 5.92 Å². The van der Waals surface area contributed by atoms with Crippen molar-refractivity contribution in [3.63, 3.8) is 0 Å². The summed E-state index contributed by atoms with van der Waals surface area (Å²) in [6.45, 7) is 6.54. The molecule has 0 spiro atoms. The summed E-state index contributed by atoms with van der Waals surface area (Å²) in [7, 11) is 0. The molecule has 0 saturated carbocycles. The first kappa shape index (κ1) is 19.5. The first-order valence-electron chi connectivity index (χ1n) is 9.35.